The third kappa shape index (κ3) is 3.77. The van der Waals surface area contributed by atoms with Gasteiger partial charge in [0.25, 0.3) is 0 Å². The lowest BCUT2D eigenvalue weighted by atomic mass is 9.88. The van der Waals surface area contributed by atoms with Gasteiger partial charge in [0.1, 0.15) is 5.82 Å². The summed E-state index contributed by atoms with van der Waals surface area (Å²) in [5.74, 6) is 0.221. The van der Waals surface area contributed by atoms with E-state index < -0.39 is 0 Å². The van der Waals surface area contributed by atoms with Gasteiger partial charge < -0.3 is 5.32 Å². The maximum Gasteiger partial charge on any atom is 0.129 e. The zero-order valence-electron chi connectivity index (χ0n) is 13.3. The molecule has 1 N–H and O–H groups in total. The van der Waals surface area contributed by atoms with Crippen LogP contribution in [0.15, 0.2) is 12.1 Å². The van der Waals surface area contributed by atoms with Crippen LogP contribution in [-0.2, 0) is 0 Å². The first-order valence-corrected chi connectivity index (χ1v) is 8.33. The van der Waals surface area contributed by atoms with E-state index in [1.807, 2.05) is 6.92 Å². The van der Waals surface area contributed by atoms with Crippen LogP contribution in [0.5, 0.6) is 0 Å². The van der Waals surface area contributed by atoms with Crippen molar-refractivity contribution in [2.75, 3.05) is 26.2 Å². The van der Waals surface area contributed by atoms with Crippen molar-refractivity contribution in [3.63, 3.8) is 0 Å². The molecule has 0 bridgehead atoms. The highest BCUT2D eigenvalue weighted by molar-refractivity contribution is 6.32. The maximum atomic E-state index is 14.5. The van der Waals surface area contributed by atoms with Crippen LogP contribution in [0.3, 0.4) is 0 Å². The first-order valence-electron chi connectivity index (χ1n) is 7.95. The van der Waals surface area contributed by atoms with Crippen LogP contribution in [0.4, 0.5) is 4.39 Å². The van der Waals surface area contributed by atoms with Crippen molar-refractivity contribution in [3.05, 3.63) is 34.1 Å². The predicted octanol–water partition coefficient (Wildman–Crippen LogP) is 4.17. The van der Waals surface area contributed by atoms with Crippen LogP contribution in [0.2, 0.25) is 5.02 Å². The largest absolute Gasteiger partial charge is 0.314 e. The Morgan fingerprint density at radius 1 is 1.33 bits per heavy atom. The molecule has 0 saturated carbocycles. The van der Waals surface area contributed by atoms with Gasteiger partial charge in [-0.15, -0.1) is 0 Å². The van der Waals surface area contributed by atoms with Gasteiger partial charge in [0.05, 0.1) is 5.02 Å². The van der Waals surface area contributed by atoms with Crippen molar-refractivity contribution in [1.29, 1.82) is 0 Å². The number of nitrogens with one attached hydrogen (secondary N) is 1. The third-order valence-corrected chi connectivity index (χ3v) is 4.95. The van der Waals surface area contributed by atoms with Crippen LogP contribution in [0.25, 0.3) is 0 Å². The first-order chi connectivity index (χ1) is 10.1. The molecule has 0 aliphatic carbocycles. The molecule has 0 amide bonds. The molecule has 1 saturated heterocycles. The average molecular weight is 313 g/mol. The fourth-order valence-corrected chi connectivity index (χ4v) is 3.62. The van der Waals surface area contributed by atoms with E-state index in [2.05, 4.69) is 24.1 Å². The molecule has 1 aromatic carbocycles. The molecule has 1 aliphatic heterocycles. The number of benzene rings is 1. The van der Waals surface area contributed by atoms with Crippen LogP contribution in [0.1, 0.15) is 43.9 Å². The summed E-state index contributed by atoms with van der Waals surface area (Å²) < 4.78 is 14.5. The van der Waals surface area contributed by atoms with Gasteiger partial charge in [0.15, 0.2) is 0 Å². The summed E-state index contributed by atoms with van der Waals surface area (Å²) in [6, 6.07) is 3.39. The number of halogens is 2. The Morgan fingerprint density at radius 2 is 2.00 bits per heavy atom. The van der Waals surface area contributed by atoms with Gasteiger partial charge in [-0.25, -0.2) is 4.39 Å². The van der Waals surface area contributed by atoms with Crippen molar-refractivity contribution in [3.8, 4) is 0 Å². The standard InChI is InChI=1S/C17H26ClFN2/c1-4-5-13(3)17(21-10-8-20-9-11-21)15-14(19)7-6-12(2)16(15)18/h6-7,13,17,20H,4-5,8-11H2,1-3H3/t13?,17-/m0/s1. The number of piperazine rings is 1. The lowest BCUT2D eigenvalue weighted by Crippen LogP contribution is -2.47. The number of aryl methyl sites for hydroxylation is 1. The Labute approximate surface area is 132 Å². The van der Waals surface area contributed by atoms with Crippen LogP contribution in [-0.4, -0.2) is 31.1 Å². The Bertz CT molecular complexity index is 472. The predicted molar refractivity (Wildman–Crippen MR) is 87.4 cm³/mol. The van der Waals surface area contributed by atoms with Crippen LogP contribution in [0, 0.1) is 18.7 Å². The summed E-state index contributed by atoms with van der Waals surface area (Å²) in [6.07, 6.45) is 2.19. The lowest BCUT2D eigenvalue weighted by molar-refractivity contribution is 0.123. The van der Waals surface area contributed by atoms with Crippen LogP contribution >= 0.6 is 11.6 Å². The molecule has 1 fully saturated rings. The van der Waals surface area contributed by atoms with Gasteiger partial charge in [0, 0.05) is 37.8 Å². The molecule has 1 aromatic rings. The SMILES string of the molecule is CCCC(C)[C@@H](c1c(F)ccc(C)c1Cl)N1CCNCC1. The molecule has 2 rings (SSSR count). The van der Waals surface area contributed by atoms with E-state index in [1.165, 1.54) is 0 Å². The summed E-state index contributed by atoms with van der Waals surface area (Å²) in [7, 11) is 0. The number of hydrogen-bond acceptors (Lipinski definition) is 2. The van der Waals surface area contributed by atoms with E-state index in [0.717, 1.165) is 44.6 Å². The molecule has 1 aliphatic rings. The molecule has 4 heteroatoms. The molecular formula is C17H26ClFN2. The summed E-state index contributed by atoms with van der Waals surface area (Å²) in [5, 5.41) is 3.96. The molecular weight excluding hydrogens is 287 g/mol. The first kappa shape index (κ1) is 16.7. The Morgan fingerprint density at radius 3 is 2.62 bits per heavy atom. The van der Waals surface area contributed by atoms with Gasteiger partial charge in [-0.1, -0.05) is 37.9 Å². The molecule has 1 unspecified atom stereocenters. The highest BCUT2D eigenvalue weighted by Crippen LogP contribution is 2.38. The fourth-order valence-electron chi connectivity index (χ4n) is 3.35. The van der Waals surface area contributed by atoms with Crippen molar-refractivity contribution in [2.24, 2.45) is 5.92 Å². The molecule has 2 atom stereocenters. The number of hydrogen-bond donors (Lipinski definition) is 1. The normalized spacial score (nSPS) is 19.5. The number of rotatable bonds is 5. The molecule has 0 spiro atoms. The summed E-state index contributed by atoms with van der Waals surface area (Å²) in [6.45, 7) is 10.2. The summed E-state index contributed by atoms with van der Waals surface area (Å²) >= 11 is 6.47. The van der Waals surface area contributed by atoms with Crippen LogP contribution < -0.4 is 5.32 Å². The van der Waals surface area contributed by atoms with E-state index in [1.54, 1.807) is 12.1 Å². The topological polar surface area (TPSA) is 15.3 Å². The zero-order chi connectivity index (χ0) is 15.4. The highest BCUT2D eigenvalue weighted by atomic mass is 35.5. The molecule has 1 heterocycles. The second-order valence-corrected chi connectivity index (χ2v) is 6.47. The number of nitrogens with zero attached hydrogens (tertiary/aromatic N) is 1. The smallest absolute Gasteiger partial charge is 0.129 e. The molecule has 21 heavy (non-hydrogen) atoms. The minimum atomic E-state index is -0.169. The summed E-state index contributed by atoms with van der Waals surface area (Å²) in [4.78, 5) is 2.39. The fraction of sp³-hybridized carbons (Fsp3) is 0.647. The third-order valence-electron chi connectivity index (χ3n) is 4.44. The second-order valence-electron chi connectivity index (χ2n) is 6.09. The Hall–Kier alpha value is -0.640. The van der Waals surface area contributed by atoms with Gasteiger partial charge in [-0.05, 0) is 30.9 Å². The molecule has 0 aromatic heterocycles. The van der Waals surface area contributed by atoms with Crippen molar-refractivity contribution in [1.82, 2.24) is 10.2 Å². The Balaban J connectivity index is 2.41. The Kier molecular flexibility index (Phi) is 6.03. The van der Waals surface area contributed by atoms with Gasteiger partial charge in [0.2, 0.25) is 0 Å². The van der Waals surface area contributed by atoms with Crippen molar-refractivity contribution < 1.29 is 4.39 Å². The molecule has 0 radical (unpaired) electrons. The van der Waals surface area contributed by atoms with Gasteiger partial charge >= 0.3 is 0 Å². The van der Waals surface area contributed by atoms with Gasteiger partial charge in [-0.2, -0.15) is 0 Å². The minimum absolute atomic E-state index is 0.0689. The van der Waals surface area contributed by atoms with E-state index in [9.17, 15) is 4.39 Å². The maximum absolute atomic E-state index is 14.5. The highest BCUT2D eigenvalue weighted by Gasteiger charge is 2.31. The zero-order valence-corrected chi connectivity index (χ0v) is 14.0. The minimum Gasteiger partial charge on any atom is -0.314 e. The quantitative estimate of drug-likeness (QED) is 0.878. The monoisotopic (exact) mass is 312 g/mol. The van der Waals surface area contributed by atoms with E-state index in [4.69, 9.17) is 11.6 Å². The molecule has 2 nitrogen and oxygen atoms in total. The van der Waals surface area contributed by atoms with E-state index >= 15 is 0 Å². The van der Waals surface area contributed by atoms with E-state index in [-0.39, 0.29) is 11.9 Å². The van der Waals surface area contributed by atoms with E-state index in [0.29, 0.717) is 16.5 Å². The van der Waals surface area contributed by atoms with Crippen molar-refractivity contribution >= 4 is 11.6 Å². The lowest BCUT2D eigenvalue weighted by Gasteiger charge is -2.39. The second kappa shape index (κ2) is 7.57. The van der Waals surface area contributed by atoms with Gasteiger partial charge in [-0.3, -0.25) is 4.90 Å². The molecule has 118 valence electrons. The van der Waals surface area contributed by atoms with Crippen molar-refractivity contribution in [2.45, 2.75) is 39.7 Å². The average Bonchev–Trinajstić information content (AvgIpc) is 2.48. The summed E-state index contributed by atoms with van der Waals surface area (Å²) in [5.41, 5.74) is 1.65.